The molecule has 2 rings (SSSR count). The number of benzene rings is 1. The van der Waals surface area contributed by atoms with E-state index in [-0.39, 0.29) is 17.9 Å². The van der Waals surface area contributed by atoms with E-state index >= 15 is 0 Å². The number of amides is 1. The molecule has 0 spiro atoms. The van der Waals surface area contributed by atoms with Crippen molar-refractivity contribution in [3.8, 4) is 0 Å². The third-order valence-corrected chi connectivity index (χ3v) is 3.94. The molecule has 1 aromatic carbocycles. The van der Waals surface area contributed by atoms with E-state index in [1.54, 1.807) is 0 Å². The van der Waals surface area contributed by atoms with Crippen LogP contribution >= 0.6 is 12.2 Å². The van der Waals surface area contributed by atoms with Gasteiger partial charge in [-0.2, -0.15) is 0 Å². The number of carbonyl (C=O) groups is 1. The van der Waals surface area contributed by atoms with E-state index in [0.29, 0.717) is 11.5 Å². The van der Waals surface area contributed by atoms with Gasteiger partial charge >= 0.3 is 0 Å². The van der Waals surface area contributed by atoms with Crippen LogP contribution in [0.25, 0.3) is 0 Å². The van der Waals surface area contributed by atoms with Crippen molar-refractivity contribution in [1.82, 2.24) is 4.90 Å². The highest BCUT2D eigenvalue weighted by Crippen LogP contribution is 2.23. The summed E-state index contributed by atoms with van der Waals surface area (Å²) in [7, 11) is 0. The molecule has 0 bridgehead atoms. The van der Waals surface area contributed by atoms with Gasteiger partial charge in [-0.05, 0) is 24.9 Å². The SMILES string of the molecule is NC(=O)C1CCCN1CC(C(N)=S)c1ccccc1. The van der Waals surface area contributed by atoms with Crippen LogP contribution in [0.5, 0.6) is 0 Å². The lowest BCUT2D eigenvalue weighted by Gasteiger charge is -2.27. The Hall–Kier alpha value is -1.46. The Kier molecular flexibility index (Phi) is 4.50. The van der Waals surface area contributed by atoms with Crippen molar-refractivity contribution in [3.63, 3.8) is 0 Å². The van der Waals surface area contributed by atoms with E-state index < -0.39 is 0 Å². The van der Waals surface area contributed by atoms with E-state index in [2.05, 4.69) is 4.90 Å². The number of nitrogens with two attached hydrogens (primary N) is 2. The molecule has 0 saturated carbocycles. The van der Waals surface area contributed by atoms with Crippen LogP contribution in [0.15, 0.2) is 30.3 Å². The van der Waals surface area contributed by atoms with Gasteiger partial charge in [0.15, 0.2) is 0 Å². The van der Waals surface area contributed by atoms with Crippen molar-refractivity contribution >= 4 is 23.1 Å². The zero-order valence-corrected chi connectivity index (χ0v) is 11.6. The standard InChI is InChI=1S/C14H19N3OS/c15-13(18)12-7-4-8-17(12)9-11(14(16)19)10-5-2-1-3-6-10/h1-3,5-6,11-12H,4,7-9H2,(H2,15,18)(H2,16,19). The van der Waals surface area contributed by atoms with Crippen LogP contribution < -0.4 is 11.5 Å². The fourth-order valence-electron chi connectivity index (χ4n) is 2.65. The number of rotatable bonds is 5. The van der Waals surface area contributed by atoms with E-state index in [1.807, 2.05) is 30.3 Å². The molecular formula is C14H19N3OS. The summed E-state index contributed by atoms with van der Waals surface area (Å²) < 4.78 is 0. The molecule has 1 heterocycles. The second-order valence-electron chi connectivity index (χ2n) is 4.92. The number of likely N-dealkylation sites (tertiary alicyclic amines) is 1. The summed E-state index contributed by atoms with van der Waals surface area (Å²) in [6, 6.07) is 9.74. The van der Waals surface area contributed by atoms with E-state index in [0.717, 1.165) is 24.9 Å². The van der Waals surface area contributed by atoms with Crippen molar-refractivity contribution in [2.75, 3.05) is 13.1 Å². The summed E-state index contributed by atoms with van der Waals surface area (Å²) in [6.45, 7) is 1.53. The predicted octanol–water partition coefficient (Wildman–Crippen LogP) is 1.01. The highest BCUT2D eigenvalue weighted by atomic mass is 32.1. The average Bonchev–Trinajstić information content (AvgIpc) is 2.85. The third kappa shape index (κ3) is 3.30. The number of hydrogen-bond acceptors (Lipinski definition) is 3. The van der Waals surface area contributed by atoms with Gasteiger partial charge in [-0.1, -0.05) is 42.5 Å². The van der Waals surface area contributed by atoms with E-state index in [1.165, 1.54) is 0 Å². The number of thiocarbonyl (C=S) groups is 1. The van der Waals surface area contributed by atoms with Crippen LogP contribution in [0.3, 0.4) is 0 Å². The van der Waals surface area contributed by atoms with Gasteiger partial charge in [0.2, 0.25) is 5.91 Å². The van der Waals surface area contributed by atoms with Gasteiger partial charge in [0, 0.05) is 12.5 Å². The van der Waals surface area contributed by atoms with Gasteiger partial charge in [0.25, 0.3) is 0 Å². The molecule has 0 radical (unpaired) electrons. The molecule has 1 saturated heterocycles. The molecule has 19 heavy (non-hydrogen) atoms. The Morgan fingerprint density at radius 1 is 1.37 bits per heavy atom. The van der Waals surface area contributed by atoms with E-state index in [9.17, 15) is 4.79 Å². The first kappa shape index (κ1) is 14.0. The van der Waals surface area contributed by atoms with Gasteiger partial charge in [0.1, 0.15) is 0 Å². The van der Waals surface area contributed by atoms with Gasteiger partial charge in [-0.3, -0.25) is 9.69 Å². The lowest BCUT2D eigenvalue weighted by Crippen LogP contribution is -2.43. The van der Waals surface area contributed by atoms with Crippen LogP contribution in [0.4, 0.5) is 0 Å². The molecule has 102 valence electrons. The van der Waals surface area contributed by atoms with Crippen molar-refractivity contribution in [3.05, 3.63) is 35.9 Å². The first-order valence-corrected chi connectivity index (χ1v) is 6.88. The summed E-state index contributed by atoms with van der Waals surface area (Å²) in [6.07, 6.45) is 1.82. The molecule has 4 N–H and O–H groups in total. The molecule has 2 unspecified atom stereocenters. The normalized spacial score (nSPS) is 21.2. The second kappa shape index (κ2) is 6.12. The molecule has 1 amide bonds. The molecular weight excluding hydrogens is 258 g/mol. The van der Waals surface area contributed by atoms with Gasteiger partial charge in [-0.25, -0.2) is 0 Å². The minimum absolute atomic E-state index is 0.0313. The smallest absolute Gasteiger partial charge is 0.234 e. The summed E-state index contributed by atoms with van der Waals surface area (Å²) >= 11 is 5.17. The maximum atomic E-state index is 11.4. The molecule has 1 fully saturated rings. The highest BCUT2D eigenvalue weighted by Gasteiger charge is 2.31. The van der Waals surface area contributed by atoms with Crippen LogP contribution in [-0.2, 0) is 4.79 Å². The zero-order chi connectivity index (χ0) is 13.8. The highest BCUT2D eigenvalue weighted by molar-refractivity contribution is 7.80. The first-order valence-electron chi connectivity index (χ1n) is 6.47. The summed E-state index contributed by atoms with van der Waals surface area (Å²) in [4.78, 5) is 14.0. The van der Waals surface area contributed by atoms with Gasteiger partial charge < -0.3 is 11.5 Å². The van der Waals surface area contributed by atoms with Crippen LogP contribution in [0, 0.1) is 0 Å². The van der Waals surface area contributed by atoms with Crippen molar-refractivity contribution in [2.24, 2.45) is 11.5 Å². The third-order valence-electron chi connectivity index (χ3n) is 3.65. The zero-order valence-electron chi connectivity index (χ0n) is 10.8. The molecule has 1 aliphatic heterocycles. The van der Waals surface area contributed by atoms with Crippen molar-refractivity contribution in [2.45, 2.75) is 24.8 Å². The Bertz CT molecular complexity index is 463. The van der Waals surface area contributed by atoms with Gasteiger partial charge in [0.05, 0.1) is 11.0 Å². The number of primary amides is 1. The molecule has 1 aromatic rings. The maximum absolute atomic E-state index is 11.4. The molecule has 1 aliphatic rings. The average molecular weight is 277 g/mol. The Balaban J connectivity index is 2.14. The number of carbonyl (C=O) groups excluding carboxylic acids is 1. The van der Waals surface area contributed by atoms with Crippen LogP contribution in [-0.4, -0.2) is 34.9 Å². The Labute approximate surface area is 118 Å². The van der Waals surface area contributed by atoms with Crippen molar-refractivity contribution in [1.29, 1.82) is 0 Å². The van der Waals surface area contributed by atoms with Crippen LogP contribution in [0.2, 0.25) is 0 Å². The molecule has 4 nitrogen and oxygen atoms in total. The fourth-order valence-corrected chi connectivity index (χ4v) is 2.86. The molecule has 0 aromatic heterocycles. The Morgan fingerprint density at radius 2 is 2.05 bits per heavy atom. The van der Waals surface area contributed by atoms with E-state index in [4.69, 9.17) is 23.7 Å². The maximum Gasteiger partial charge on any atom is 0.234 e. The number of hydrogen-bond donors (Lipinski definition) is 2. The summed E-state index contributed by atoms with van der Waals surface area (Å²) in [5.74, 6) is -0.289. The molecule has 0 aliphatic carbocycles. The quantitative estimate of drug-likeness (QED) is 0.788. The number of nitrogens with zero attached hydrogens (tertiary/aromatic N) is 1. The monoisotopic (exact) mass is 277 g/mol. The largest absolute Gasteiger partial charge is 0.393 e. The van der Waals surface area contributed by atoms with Crippen molar-refractivity contribution < 1.29 is 4.79 Å². The summed E-state index contributed by atoms with van der Waals surface area (Å²) in [5.41, 5.74) is 12.4. The molecule has 5 heteroatoms. The minimum Gasteiger partial charge on any atom is -0.393 e. The molecule has 2 atom stereocenters. The topological polar surface area (TPSA) is 72.4 Å². The second-order valence-corrected chi connectivity index (χ2v) is 5.39. The lowest BCUT2D eigenvalue weighted by atomic mass is 9.98. The van der Waals surface area contributed by atoms with Crippen LogP contribution in [0.1, 0.15) is 24.3 Å². The van der Waals surface area contributed by atoms with Gasteiger partial charge in [-0.15, -0.1) is 0 Å². The lowest BCUT2D eigenvalue weighted by molar-refractivity contribution is -0.122. The first-order chi connectivity index (χ1) is 9.09. The summed E-state index contributed by atoms with van der Waals surface area (Å²) in [5, 5.41) is 0. The Morgan fingerprint density at radius 3 is 2.63 bits per heavy atom. The predicted molar refractivity (Wildman–Crippen MR) is 79.8 cm³/mol. The minimum atomic E-state index is -0.257. The fraction of sp³-hybridized carbons (Fsp3) is 0.429.